The van der Waals surface area contributed by atoms with Crippen LogP contribution in [0.15, 0.2) is 22.0 Å². The first-order chi connectivity index (χ1) is 9.95. The largest absolute Gasteiger partial charge is 0.306 e. The molecule has 0 fully saturated rings. The van der Waals surface area contributed by atoms with E-state index in [4.69, 9.17) is 11.6 Å². The van der Waals surface area contributed by atoms with Crippen LogP contribution >= 0.6 is 38.9 Å². The zero-order valence-electron chi connectivity index (χ0n) is 11.0. The van der Waals surface area contributed by atoms with E-state index in [9.17, 15) is 13.2 Å². The minimum absolute atomic E-state index is 0.0627. The minimum Gasteiger partial charge on any atom is -0.306 e. The van der Waals surface area contributed by atoms with Gasteiger partial charge < -0.3 is 5.32 Å². The molecular formula is C14H12BrClF3NS. The molecule has 0 radical (unpaired) electrons. The van der Waals surface area contributed by atoms with Crippen molar-refractivity contribution in [3.05, 3.63) is 54.9 Å². The van der Waals surface area contributed by atoms with Gasteiger partial charge in [0.2, 0.25) is 0 Å². The molecule has 0 aliphatic rings. The molecule has 2 aromatic rings. The standard InChI is InChI=1S/C14H12BrClF3NS/c1-2-5-20-13(10-6-8(16)14(15)21-10)7-3-4-9(17)12(19)11(7)18/h3-4,6,13,20H,2,5H2,1H3. The molecule has 1 N–H and O–H groups in total. The fourth-order valence-corrected chi connectivity index (χ4v) is 3.76. The topological polar surface area (TPSA) is 12.0 Å². The Hall–Kier alpha value is -0.560. The van der Waals surface area contributed by atoms with Gasteiger partial charge in [0, 0.05) is 10.4 Å². The van der Waals surface area contributed by atoms with Crippen molar-refractivity contribution in [3.63, 3.8) is 0 Å². The molecule has 0 saturated heterocycles. The second-order valence-corrected chi connectivity index (χ2v) is 7.23. The highest BCUT2D eigenvalue weighted by atomic mass is 79.9. The SMILES string of the molecule is CCCNC(c1cc(Cl)c(Br)s1)c1ccc(F)c(F)c1F. The molecule has 1 atom stereocenters. The molecule has 1 heterocycles. The maximum atomic E-state index is 14.0. The van der Waals surface area contributed by atoms with E-state index in [-0.39, 0.29) is 5.56 Å². The Balaban J connectivity index is 2.47. The molecule has 7 heteroatoms. The van der Waals surface area contributed by atoms with Crippen LogP contribution in [0.2, 0.25) is 5.02 Å². The Morgan fingerprint density at radius 1 is 1.29 bits per heavy atom. The van der Waals surface area contributed by atoms with Crippen molar-refractivity contribution in [2.75, 3.05) is 6.54 Å². The monoisotopic (exact) mass is 397 g/mol. The number of hydrogen-bond donors (Lipinski definition) is 1. The molecule has 0 amide bonds. The molecule has 1 aromatic carbocycles. The quantitative estimate of drug-likeness (QED) is 0.640. The smallest absolute Gasteiger partial charge is 0.194 e. The van der Waals surface area contributed by atoms with Crippen molar-refractivity contribution in [3.8, 4) is 0 Å². The highest BCUT2D eigenvalue weighted by Crippen LogP contribution is 2.38. The van der Waals surface area contributed by atoms with Gasteiger partial charge in [0.1, 0.15) is 0 Å². The second kappa shape index (κ2) is 7.13. The summed E-state index contributed by atoms with van der Waals surface area (Å²) in [6, 6.07) is 3.29. The van der Waals surface area contributed by atoms with Crippen LogP contribution in [0.5, 0.6) is 0 Å². The van der Waals surface area contributed by atoms with E-state index >= 15 is 0 Å². The van der Waals surface area contributed by atoms with Crippen LogP contribution in [0, 0.1) is 17.5 Å². The van der Waals surface area contributed by atoms with Crippen molar-refractivity contribution in [1.29, 1.82) is 0 Å². The van der Waals surface area contributed by atoms with Gasteiger partial charge in [0.05, 0.1) is 14.9 Å². The van der Waals surface area contributed by atoms with Crippen molar-refractivity contribution < 1.29 is 13.2 Å². The summed E-state index contributed by atoms with van der Waals surface area (Å²) >= 11 is 10.6. The lowest BCUT2D eigenvalue weighted by atomic mass is 10.0. The van der Waals surface area contributed by atoms with Crippen LogP contribution < -0.4 is 5.32 Å². The van der Waals surface area contributed by atoms with Crippen LogP contribution in [0.3, 0.4) is 0 Å². The molecular weight excluding hydrogens is 387 g/mol. The third-order valence-electron chi connectivity index (χ3n) is 2.92. The second-order valence-electron chi connectivity index (χ2n) is 4.42. The maximum absolute atomic E-state index is 14.0. The molecule has 0 bridgehead atoms. The highest BCUT2D eigenvalue weighted by molar-refractivity contribution is 9.11. The predicted molar refractivity (Wildman–Crippen MR) is 83.5 cm³/mol. The van der Waals surface area contributed by atoms with Crippen LogP contribution in [0.1, 0.15) is 29.8 Å². The van der Waals surface area contributed by atoms with Gasteiger partial charge in [-0.3, -0.25) is 0 Å². The first-order valence-electron chi connectivity index (χ1n) is 6.27. The third kappa shape index (κ3) is 3.62. The summed E-state index contributed by atoms with van der Waals surface area (Å²) in [4.78, 5) is 0.727. The molecule has 1 aromatic heterocycles. The number of halogens is 5. The normalized spacial score (nSPS) is 12.7. The number of hydrogen-bond acceptors (Lipinski definition) is 2. The summed E-state index contributed by atoms with van der Waals surface area (Å²) in [5.74, 6) is -3.84. The van der Waals surface area contributed by atoms with Gasteiger partial charge in [0.25, 0.3) is 0 Å². The zero-order valence-corrected chi connectivity index (χ0v) is 14.2. The van der Waals surface area contributed by atoms with E-state index < -0.39 is 23.5 Å². The lowest BCUT2D eigenvalue weighted by molar-refractivity contribution is 0.433. The van der Waals surface area contributed by atoms with E-state index in [1.54, 1.807) is 6.07 Å². The first-order valence-corrected chi connectivity index (χ1v) is 8.26. The summed E-state index contributed by atoms with van der Waals surface area (Å²) in [7, 11) is 0. The molecule has 1 nitrogen and oxygen atoms in total. The Kier molecular flexibility index (Phi) is 5.71. The Bertz CT molecular complexity index is 628. The molecule has 21 heavy (non-hydrogen) atoms. The maximum Gasteiger partial charge on any atom is 0.194 e. The summed E-state index contributed by atoms with van der Waals surface area (Å²) in [5.41, 5.74) is 0.0627. The van der Waals surface area contributed by atoms with Crippen LogP contribution in [0.25, 0.3) is 0 Å². The van der Waals surface area contributed by atoms with Crippen LogP contribution in [-0.2, 0) is 0 Å². The Morgan fingerprint density at radius 2 is 2.00 bits per heavy atom. The molecule has 0 spiro atoms. The van der Waals surface area contributed by atoms with Gasteiger partial charge in [-0.25, -0.2) is 13.2 Å². The van der Waals surface area contributed by atoms with E-state index in [1.165, 1.54) is 17.4 Å². The zero-order chi connectivity index (χ0) is 15.6. The van der Waals surface area contributed by atoms with Crippen molar-refractivity contribution in [1.82, 2.24) is 5.32 Å². The van der Waals surface area contributed by atoms with Gasteiger partial charge >= 0.3 is 0 Å². The number of benzene rings is 1. The van der Waals surface area contributed by atoms with Gasteiger partial charge in [-0.2, -0.15) is 0 Å². The molecule has 1 unspecified atom stereocenters. The van der Waals surface area contributed by atoms with Gasteiger partial charge in [0.15, 0.2) is 17.5 Å². The number of thiophene rings is 1. The fraction of sp³-hybridized carbons (Fsp3) is 0.286. The molecule has 0 saturated carbocycles. The van der Waals surface area contributed by atoms with Crippen molar-refractivity contribution >= 4 is 38.9 Å². The fourth-order valence-electron chi connectivity index (χ4n) is 1.92. The van der Waals surface area contributed by atoms with Crippen molar-refractivity contribution in [2.24, 2.45) is 0 Å². The van der Waals surface area contributed by atoms with E-state index in [0.29, 0.717) is 15.4 Å². The first kappa shape index (κ1) is 16.8. The molecule has 0 aliphatic carbocycles. The van der Waals surface area contributed by atoms with Crippen LogP contribution in [0.4, 0.5) is 13.2 Å². The number of nitrogens with one attached hydrogen (secondary N) is 1. The average Bonchev–Trinajstić information content (AvgIpc) is 2.78. The van der Waals surface area contributed by atoms with E-state index in [1.807, 2.05) is 6.92 Å². The van der Waals surface area contributed by atoms with Gasteiger partial charge in [-0.1, -0.05) is 24.6 Å². The van der Waals surface area contributed by atoms with Crippen LogP contribution in [-0.4, -0.2) is 6.54 Å². The molecule has 114 valence electrons. The summed E-state index contributed by atoms with van der Waals surface area (Å²) < 4.78 is 41.3. The lowest BCUT2D eigenvalue weighted by Crippen LogP contribution is -2.24. The predicted octanol–water partition coefficient (Wildman–Crippen LogP) is 5.67. The van der Waals surface area contributed by atoms with Crippen molar-refractivity contribution in [2.45, 2.75) is 19.4 Å². The van der Waals surface area contributed by atoms with E-state index in [0.717, 1.165) is 17.4 Å². The third-order valence-corrected chi connectivity index (χ3v) is 5.46. The minimum atomic E-state index is -1.46. The number of rotatable bonds is 5. The Morgan fingerprint density at radius 3 is 2.57 bits per heavy atom. The van der Waals surface area contributed by atoms with E-state index in [2.05, 4.69) is 21.2 Å². The summed E-state index contributed by atoms with van der Waals surface area (Å²) in [6.07, 6.45) is 0.822. The average molecular weight is 399 g/mol. The Labute approximate surface area is 138 Å². The molecule has 2 rings (SSSR count). The van der Waals surface area contributed by atoms with Gasteiger partial charge in [-0.05, 0) is 41.0 Å². The summed E-state index contributed by atoms with van der Waals surface area (Å²) in [5, 5.41) is 3.63. The highest BCUT2D eigenvalue weighted by Gasteiger charge is 2.24. The summed E-state index contributed by atoms with van der Waals surface area (Å²) in [6.45, 7) is 2.57. The molecule has 0 aliphatic heterocycles. The lowest BCUT2D eigenvalue weighted by Gasteiger charge is -2.18. The van der Waals surface area contributed by atoms with Gasteiger partial charge in [-0.15, -0.1) is 11.3 Å².